The third kappa shape index (κ3) is 1.95. The molecule has 0 bridgehead atoms. The maximum atomic E-state index is 12.9. The minimum Gasteiger partial charge on any atom is -0.385 e. The summed E-state index contributed by atoms with van der Waals surface area (Å²) >= 11 is 0. The maximum absolute atomic E-state index is 12.9. The van der Waals surface area contributed by atoms with Gasteiger partial charge < -0.3 is 11.1 Å². The fourth-order valence-corrected chi connectivity index (χ4v) is 1.05. The molecule has 0 atom stereocenters. The van der Waals surface area contributed by atoms with Crippen molar-refractivity contribution in [2.24, 2.45) is 5.73 Å². The highest BCUT2D eigenvalue weighted by Crippen LogP contribution is 2.13. The second-order valence-electron chi connectivity index (χ2n) is 2.54. The summed E-state index contributed by atoms with van der Waals surface area (Å²) in [7, 11) is 0. The molecule has 0 aliphatic rings. The Labute approximate surface area is 71.6 Å². The van der Waals surface area contributed by atoms with Crippen molar-refractivity contribution in [1.29, 1.82) is 0 Å². The molecule has 1 rings (SSSR count). The van der Waals surface area contributed by atoms with Crippen molar-refractivity contribution >= 4 is 5.69 Å². The lowest BCUT2D eigenvalue weighted by Gasteiger charge is -2.05. The fourth-order valence-electron chi connectivity index (χ4n) is 1.05. The largest absolute Gasteiger partial charge is 0.385 e. The van der Waals surface area contributed by atoms with Gasteiger partial charge in [0.2, 0.25) is 0 Å². The van der Waals surface area contributed by atoms with Crippen LogP contribution < -0.4 is 11.1 Å². The number of nitrogens with two attached hydrogens (primary N) is 1. The molecular weight excluding hydrogens is 155 g/mol. The van der Waals surface area contributed by atoms with Crippen molar-refractivity contribution in [1.82, 2.24) is 0 Å². The first-order valence-corrected chi connectivity index (χ1v) is 4.00. The number of hydrogen-bond donors (Lipinski definition) is 2. The molecule has 0 amide bonds. The van der Waals surface area contributed by atoms with Gasteiger partial charge in [-0.3, -0.25) is 0 Å². The van der Waals surface area contributed by atoms with Gasteiger partial charge in [0, 0.05) is 24.3 Å². The number of nitrogens with one attached hydrogen (secondary N) is 1. The van der Waals surface area contributed by atoms with E-state index >= 15 is 0 Å². The molecular formula is C9H13FN2. The van der Waals surface area contributed by atoms with E-state index in [9.17, 15) is 4.39 Å². The third-order valence-electron chi connectivity index (χ3n) is 1.65. The average molecular weight is 168 g/mol. The van der Waals surface area contributed by atoms with Crippen molar-refractivity contribution in [3.63, 3.8) is 0 Å². The van der Waals surface area contributed by atoms with E-state index in [1.165, 1.54) is 6.07 Å². The zero-order valence-corrected chi connectivity index (χ0v) is 7.10. The van der Waals surface area contributed by atoms with Gasteiger partial charge in [0.15, 0.2) is 0 Å². The molecule has 0 spiro atoms. The Morgan fingerprint density at radius 1 is 1.50 bits per heavy atom. The van der Waals surface area contributed by atoms with E-state index < -0.39 is 0 Å². The summed E-state index contributed by atoms with van der Waals surface area (Å²) in [6.45, 7) is 3.06. The van der Waals surface area contributed by atoms with Gasteiger partial charge in [-0.25, -0.2) is 4.39 Å². The van der Waals surface area contributed by atoms with E-state index in [0.717, 1.165) is 12.2 Å². The van der Waals surface area contributed by atoms with Crippen LogP contribution in [0.3, 0.4) is 0 Å². The maximum Gasteiger partial charge on any atom is 0.127 e. The normalized spacial score (nSPS) is 9.92. The van der Waals surface area contributed by atoms with Crippen LogP contribution in [0.5, 0.6) is 0 Å². The molecule has 66 valence electrons. The van der Waals surface area contributed by atoms with E-state index in [1.807, 2.05) is 6.92 Å². The van der Waals surface area contributed by atoms with Crippen LogP contribution in [0.25, 0.3) is 0 Å². The first-order chi connectivity index (χ1) is 5.77. The Kier molecular flexibility index (Phi) is 3.05. The lowest BCUT2D eigenvalue weighted by atomic mass is 10.2. The Balaban J connectivity index is 2.89. The van der Waals surface area contributed by atoms with Crippen molar-refractivity contribution < 1.29 is 4.39 Å². The Hall–Kier alpha value is -1.09. The second kappa shape index (κ2) is 4.07. The van der Waals surface area contributed by atoms with Gasteiger partial charge in [0.25, 0.3) is 0 Å². The van der Waals surface area contributed by atoms with Gasteiger partial charge >= 0.3 is 0 Å². The highest BCUT2D eigenvalue weighted by atomic mass is 19.1. The highest BCUT2D eigenvalue weighted by molar-refractivity contribution is 5.46. The van der Waals surface area contributed by atoms with E-state index in [0.29, 0.717) is 5.56 Å². The Bertz CT molecular complexity index is 261. The molecule has 0 heterocycles. The number of rotatable bonds is 3. The lowest BCUT2D eigenvalue weighted by molar-refractivity contribution is 0.611. The molecule has 0 unspecified atom stereocenters. The van der Waals surface area contributed by atoms with Crippen molar-refractivity contribution in [3.05, 3.63) is 29.6 Å². The molecule has 0 saturated heterocycles. The quantitative estimate of drug-likeness (QED) is 0.721. The molecule has 3 N–H and O–H groups in total. The summed E-state index contributed by atoms with van der Waals surface area (Å²) in [5.74, 6) is -0.237. The van der Waals surface area contributed by atoms with E-state index in [2.05, 4.69) is 5.32 Å². The molecule has 0 aliphatic carbocycles. The summed E-state index contributed by atoms with van der Waals surface area (Å²) in [6.07, 6.45) is 0. The van der Waals surface area contributed by atoms with E-state index in [-0.39, 0.29) is 12.4 Å². The number of hydrogen-bond acceptors (Lipinski definition) is 2. The zero-order valence-electron chi connectivity index (χ0n) is 7.10. The fraction of sp³-hybridized carbons (Fsp3) is 0.333. The average Bonchev–Trinajstić information content (AvgIpc) is 2.09. The minimum atomic E-state index is -0.237. The number of halogens is 1. The standard InChI is InChI=1S/C9H13FN2/c1-2-12-8-3-4-9(10)7(5-8)6-11/h3-5,12H,2,6,11H2,1H3. The molecule has 3 heteroatoms. The van der Waals surface area contributed by atoms with Crippen molar-refractivity contribution in [2.45, 2.75) is 13.5 Å². The van der Waals surface area contributed by atoms with Crippen LogP contribution in [-0.2, 0) is 6.54 Å². The van der Waals surface area contributed by atoms with Gasteiger partial charge in [-0.1, -0.05) is 0 Å². The Morgan fingerprint density at radius 2 is 2.25 bits per heavy atom. The van der Waals surface area contributed by atoms with E-state index in [4.69, 9.17) is 5.73 Å². The summed E-state index contributed by atoms with van der Waals surface area (Å²) in [5.41, 5.74) is 6.81. The molecule has 0 aromatic heterocycles. The van der Waals surface area contributed by atoms with Gasteiger partial charge in [-0.05, 0) is 25.1 Å². The summed E-state index contributed by atoms with van der Waals surface area (Å²) in [6, 6.07) is 4.87. The predicted octanol–water partition coefficient (Wildman–Crippen LogP) is 1.72. The molecule has 2 nitrogen and oxygen atoms in total. The van der Waals surface area contributed by atoms with Crippen LogP contribution >= 0.6 is 0 Å². The van der Waals surface area contributed by atoms with Crippen LogP contribution in [0.2, 0.25) is 0 Å². The number of anilines is 1. The van der Waals surface area contributed by atoms with Gasteiger partial charge in [0.05, 0.1) is 0 Å². The molecule has 0 aliphatic heterocycles. The summed E-state index contributed by atoms with van der Waals surface area (Å²) in [4.78, 5) is 0. The van der Waals surface area contributed by atoms with Crippen LogP contribution in [0.1, 0.15) is 12.5 Å². The summed E-state index contributed by atoms with van der Waals surface area (Å²) < 4.78 is 12.9. The second-order valence-corrected chi connectivity index (χ2v) is 2.54. The van der Waals surface area contributed by atoms with Crippen LogP contribution in [0.15, 0.2) is 18.2 Å². The van der Waals surface area contributed by atoms with Gasteiger partial charge in [-0.15, -0.1) is 0 Å². The molecule has 0 fully saturated rings. The van der Waals surface area contributed by atoms with Crippen LogP contribution in [0, 0.1) is 5.82 Å². The molecule has 0 saturated carbocycles. The van der Waals surface area contributed by atoms with E-state index in [1.54, 1.807) is 12.1 Å². The first-order valence-electron chi connectivity index (χ1n) is 4.00. The molecule has 1 aromatic rings. The predicted molar refractivity (Wildman–Crippen MR) is 48.5 cm³/mol. The molecule has 0 radical (unpaired) electrons. The topological polar surface area (TPSA) is 38.0 Å². The summed E-state index contributed by atoms with van der Waals surface area (Å²) in [5, 5.41) is 3.09. The van der Waals surface area contributed by atoms with Crippen molar-refractivity contribution in [2.75, 3.05) is 11.9 Å². The first kappa shape index (κ1) is 9.00. The zero-order chi connectivity index (χ0) is 8.97. The Morgan fingerprint density at radius 3 is 2.83 bits per heavy atom. The highest BCUT2D eigenvalue weighted by Gasteiger charge is 1.99. The SMILES string of the molecule is CCNc1ccc(F)c(CN)c1. The van der Waals surface area contributed by atoms with Crippen LogP contribution in [0.4, 0.5) is 10.1 Å². The molecule has 12 heavy (non-hydrogen) atoms. The monoisotopic (exact) mass is 168 g/mol. The molecule has 1 aromatic carbocycles. The number of benzene rings is 1. The third-order valence-corrected chi connectivity index (χ3v) is 1.65. The smallest absolute Gasteiger partial charge is 0.127 e. The lowest BCUT2D eigenvalue weighted by Crippen LogP contribution is -2.02. The van der Waals surface area contributed by atoms with Crippen molar-refractivity contribution in [3.8, 4) is 0 Å². The van der Waals surface area contributed by atoms with Crippen LogP contribution in [-0.4, -0.2) is 6.54 Å². The minimum absolute atomic E-state index is 0.237. The van der Waals surface area contributed by atoms with Gasteiger partial charge in [0.1, 0.15) is 5.82 Å². The van der Waals surface area contributed by atoms with Gasteiger partial charge in [-0.2, -0.15) is 0 Å².